The first kappa shape index (κ1) is 10.2. The molecular formula is C11H13N3S. The zero-order valence-electron chi connectivity index (χ0n) is 9.06. The van der Waals surface area contributed by atoms with Gasteiger partial charge >= 0.3 is 0 Å². The van der Waals surface area contributed by atoms with Crippen molar-refractivity contribution in [2.45, 2.75) is 26.2 Å². The molecule has 0 fully saturated rings. The first-order chi connectivity index (χ1) is 7.09. The molecule has 0 amide bonds. The van der Waals surface area contributed by atoms with Gasteiger partial charge in [0.1, 0.15) is 0 Å². The number of nitrogens with zero attached hydrogens (tertiary/aromatic N) is 3. The number of hydrogen-bond donors (Lipinski definition) is 0. The van der Waals surface area contributed by atoms with E-state index >= 15 is 0 Å². The third-order valence-corrected chi connectivity index (χ3v) is 2.95. The standard InChI is InChI=1S/C11H13N3S/c1-11(2,3)9-6-12-5-4-8(9)10-7-13-14-15-10/h4-7H,1-3H3. The Hall–Kier alpha value is -1.29. The van der Waals surface area contributed by atoms with Crippen LogP contribution in [0.4, 0.5) is 0 Å². The number of pyridine rings is 1. The maximum Gasteiger partial charge on any atom is 0.0757 e. The monoisotopic (exact) mass is 219 g/mol. The van der Waals surface area contributed by atoms with Crippen LogP contribution in [0.2, 0.25) is 0 Å². The molecule has 0 atom stereocenters. The normalized spacial score (nSPS) is 11.7. The third-order valence-electron chi connectivity index (χ3n) is 2.26. The predicted molar refractivity (Wildman–Crippen MR) is 61.8 cm³/mol. The molecule has 0 aromatic carbocycles. The third kappa shape index (κ3) is 2.04. The van der Waals surface area contributed by atoms with E-state index in [1.165, 1.54) is 22.7 Å². The van der Waals surface area contributed by atoms with Crippen molar-refractivity contribution in [1.82, 2.24) is 14.6 Å². The molecule has 2 rings (SSSR count). The number of aromatic nitrogens is 3. The topological polar surface area (TPSA) is 38.7 Å². The van der Waals surface area contributed by atoms with Crippen LogP contribution in [0.1, 0.15) is 26.3 Å². The Morgan fingerprint density at radius 3 is 2.60 bits per heavy atom. The highest BCUT2D eigenvalue weighted by Crippen LogP contribution is 2.32. The summed E-state index contributed by atoms with van der Waals surface area (Å²) in [5, 5.41) is 3.87. The first-order valence-electron chi connectivity index (χ1n) is 4.81. The van der Waals surface area contributed by atoms with Crippen molar-refractivity contribution in [2.24, 2.45) is 0 Å². The Morgan fingerprint density at radius 1 is 1.20 bits per heavy atom. The molecular weight excluding hydrogens is 206 g/mol. The molecule has 15 heavy (non-hydrogen) atoms. The van der Waals surface area contributed by atoms with Gasteiger partial charge < -0.3 is 0 Å². The lowest BCUT2D eigenvalue weighted by atomic mass is 9.85. The van der Waals surface area contributed by atoms with Gasteiger partial charge in [0, 0.05) is 18.0 Å². The largest absolute Gasteiger partial charge is 0.264 e. The van der Waals surface area contributed by atoms with Crippen LogP contribution in [0, 0.1) is 0 Å². The van der Waals surface area contributed by atoms with Gasteiger partial charge in [0.05, 0.1) is 11.1 Å². The van der Waals surface area contributed by atoms with Gasteiger partial charge in [0.15, 0.2) is 0 Å². The molecule has 0 saturated heterocycles. The van der Waals surface area contributed by atoms with E-state index in [0.717, 1.165) is 4.88 Å². The van der Waals surface area contributed by atoms with E-state index in [1.54, 1.807) is 6.20 Å². The minimum absolute atomic E-state index is 0.0909. The average Bonchev–Trinajstić information content (AvgIpc) is 2.69. The maximum atomic E-state index is 4.19. The van der Waals surface area contributed by atoms with Crippen LogP contribution in [0.5, 0.6) is 0 Å². The van der Waals surface area contributed by atoms with Crippen LogP contribution in [0.3, 0.4) is 0 Å². The van der Waals surface area contributed by atoms with E-state index < -0.39 is 0 Å². The van der Waals surface area contributed by atoms with Crippen molar-refractivity contribution in [3.8, 4) is 10.4 Å². The van der Waals surface area contributed by atoms with Gasteiger partial charge in [-0.3, -0.25) is 4.98 Å². The molecule has 0 unspecified atom stereocenters. The minimum Gasteiger partial charge on any atom is -0.264 e. The van der Waals surface area contributed by atoms with Crippen molar-refractivity contribution in [1.29, 1.82) is 0 Å². The second-order valence-corrected chi connectivity index (χ2v) is 5.24. The first-order valence-corrected chi connectivity index (χ1v) is 5.58. The molecule has 0 aliphatic rings. The van der Waals surface area contributed by atoms with E-state index in [0.29, 0.717) is 0 Å². The van der Waals surface area contributed by atoms with E-state index in [2.05, 4.69) is 35.3 Å². The molecule has 3 nitrogen and oxygen atoms in total. The quantitative estimate of drug-likeness (QED) is 0.740. The Bertz CT molecular complexity index is 443. The number of hydrogen-bond acceptors (Lipinski definition) is 4. The Morgan fingerprint density at radius 2 is 2.00 bits per heavy atom. The van der Waals surface area contributed by atoms with Crippen molar-refractivity contribution < 1.29 is 0 Å². The number of rotatable bonds is 1. The summed E-state index contributed by atoms with van der Waals surface area (Å²) in [6, 6.07) is 2.02. The zero-order valence-corrected chi connectivity index (χ0v) is 9.88. The fraction of sp³-hybridized carbons (Fsp3) is 0.364. The lowest BCUT2D eigenvalue weighted by Gasteiger charge is -2.21. The zero-order chi connectivity index (χ0) is 10.9. The van der Waals surface area contributed by atoms with Crippen LogP contribution in [-0.4, -0.2) is 14.6 Å². The molecule has 0 radical (unpaired) electrons. The van der Waals surface area contributed by atoms with Gasteiger partial charge in [-0.25, -0.2) is 0 Å². The van der Waals surface area contributed by atoms with Crippen molar-refractivity contribution >= 4 is 11.5 Å². The molecule has 2 heterocycles. The molecule has 0 aliphatic heterocycles. The van der Waals surface area contributed by atoms with E-state index in [9.17, 15) is 0 Å². The van der Waals surface area contributed by atoms with E-state index in [1.807, 2.05) is 18.5 Å². The summed E-state index contributed by atoms with van der Waals surface area (Å²) in [6.45, 7) is 6.55. The van der Waals surface area contributed by atoms with Crippen molar-refractivity contribution in [2.75, 3.05) is 0 Å². The SMILES string of the molecule is CC(C)(C)c1cnccc1-c1cnns1. The summed E-state index contributed by atoms with van der Waals surface area (Å²) in [6.07, 6.45) is 5.54. The molecule has 0 N–H and O–H groups in total. The Balaban J connectivity index is 2.58. The van der Waals surface area contributed by atoms with Crippen molar-refractivity contribution in [3.05, 3.63) is 30.2 Å². The molecule has 2 aromatic rings. The van der Waals surface area contributed by atoms with Crippen LogP contribution in [0.15, 0.2) is 24.7 Å². The smallest absolute Gasteiger partial charge is 0.0757 e. The maximum absolute atomic E-state index is 4.19. The second kappa shape index (κ2) is 3.70. The molecule has 2 aromatic heterocycles. The highest BCUT2D eigenvalue weighted by atomic mass is 32.1. The minimum atomic E-state index is 0.0909. The highest BCUT2D eigenvalue weighted by Gasteiger charge is 2.19. The molecule has 0 saturated carbocycles. The van der Waals surface area contributed by atoms with Gasteiger partial charge in [-0.2, -0.15) is 0 Å². The van der Waals surface area contributed by atoms with Crippen LogP contribution >= 0.6 is 11.5 Å². The van der Waals surface area contributed by atoms with Crippen LogP contribution < -0.4 is 0 Å². The second-order valence-electron chi connectivity index (χ2n) is 4.45. The van der Waals surface area contributed by atoms with Gasteiger partial charge in [0.2, 0.25) is 0 Å². The lowest BCUT2D eigenvalue weighted by Crippen LogP contribution is -2.12. The van der Waals surface area contributed by atoms with Gasteiger partial charge in [-0.1, -0.05) is 25.3 Å². The van der Waals surface area contributed by atoms with E-state index in [-0.39, 0.29) is 5.41 Å². The fourth-order valence-electron chi connectivity index (χ4n) is 1.49. The van der Waals surface area contributed by atoms with Crippen molar-refractivity contribution in [3.63, 3.8) is 0 Å². The fourth-order valence-corrected chi connectivity index (χ4v) is 2.05. The van der Waals surface area contributed by atoms with Crippen LogP contribution in [0.25, 0.3) is 10.4 Å². The van der Waals surface area contributed by atoms with E-state index in [4.69, 9.17) is 0 Å². The van der Waals surface area contributed by atoms with Gasteiger partial charge in [0.25, 0.3) is 0 Å². The molecule has 4 heteroatoms. The summed E-state index contributed by atoms with van der Waals surface area (Å²) in [5.74, 6) is 0. The summed E-state index contributed by atoms with van der Waals surface area (Å²) in [7, 11) is 0. The van der Waals surface area contributed by atoms with Gasteiger partial charge in [-0.05, 0) is 28.6 Å². The molecule has 78 valence electrons. The summed E-state index contributed by atoms with van der Waals surface area (Å²) in [4.78, 5) is 5.28. The molecule has 0 spiro atoms. The van der Waals surface area contributed by atoms with Gasteiger partial charge in [-0.15, -0.1) is 5.10 Å². The summed E-state index contributed by atoms with van der Waals surface area (Å²) >= 11 is 1.42. The Kier molecular flexibility index (Phi) is 2.52. The summed E-state index contributed by atoms with van der Waals surface area (Å²) in [5.41, 5.74) is 2.51. The predicted octanol–water partition coefficient (Wildman–Crippen LogP) is 2.90. The highest BCUT2D eigenvalue weighted by molar-refractivity contribution is 7.09. The summed E-state index contributed by atoms with van der Waals surface area (Å²) < 4.78 is 3.89. The molecule has 0 bridgehead atoms. The van der Waals surface area contributed by atoms with Crippen LogP contribution in [-0.2, 0) is 5.41 Å². The average molecular weight is 219 g/mol. The lowest BCUT2D eigenvalue weighted by molar-refractivity contribution is 0.589. The Labute approximate surface area is 93.4 Å². The molecule has 0 aliphatic carbocycles.